The van der Waals surface area contributed by atoms with Gasteiger partial charge in [-0.05, 0) is 99.2 Å². The van der Waals surface area contributed by atoms with Gasteiger partial charge in [0, 0.05) is 27.5 Å². The van der Waals surface area contributed by atoms with Crippen molar-refractivity contribution < 1.29 is 22.7 Å². The summed E-state index contributed by atoms with van der Waals surface area (Å²) in [6.45, 7) is 3.38. The third kappa shape index (κ3) is 8.41. The minimum atomic E-state index is -4.19. The fourth-order valence-electron chi connectivity index (χ4n) is 5.09. The zero-order valence-electron chi connectivity index (χ0n) is 25.0. The van der Waals surface area contributed by atoms with Crippen molar-refractivity contribution in [1.82, 2.24) is 10.2 Å². The summed E-state index contributed by atoms with van der Waals surface area (Å²) in [7, 11) is -4.19. The molecule has 12 heteroatoms. The molecule has 0 radical (unpaired) electrons. The third-order valence-corrected chi connectivity index (χ3v) is 10.7. The molecule has 0 aromatic heterocycles. The third-order valence-electron chi connectivity index (χ3n) is 7.59. The monoisotopic (exact) mass is 677 g/mol. The number of nitrogens with zero attached hydrogens (tertiary/aromatic N) is 2. The average Bonchev–Trinajstić information content (AvgIpc) is 3.52. The fourth-order valence-corrected chi connectivity index (χ4v) is 7.38. The standard InChI is InChI=1S/C32H37Cl2N3O5S2/c1-4-42-27-13-11-26(12-14-27)37(44(40,41)29-17-15-28(43-3)16-18-29)21-31(38)36(20-23-9-10-24(33)19-30(23)34)22(2)32(39)35-25-7-5-6-8-25/h9-19,22,25H,4-8,20-21H2,1-3H3,(H,35,39). The normalized spacial score (nSPS) is 14.2. The zero-order valence-corrected chi connectivity index (χ0v) is 28.1. The first kappa shape index (κ1) is 34.0. The number of carbonyl (C=O) groups excluding carboxylic acids is 2. The Morgan fingerprint density at radius 1 is 1.02 bits per heavy atom. The number of sulfonamides is 1. The molecule has 0 aliphatic heterocycles. The molecule has 1 unspecified atom stereocenters. The van der Waals surface area contributed by atoms with Gasteiger partial charge >= 0.3 is 0 Å². The number of anilines is 1. The van der Waals surface area contributed by atoms with E-state index in [0.717, 1.165) is 34.9 Å². The van der Waals surface area contributed by atoms with Gasteiger partial charge < -0.3 is 15.0 Å². The molecule has 8 nitrogen and oxygen atoms in total. The van der Waals surface area contributed by atoms with Crippen LogP contribution in [0, 0.1) is 0 Å². The predicted molar refractivity (Wildman–Crippen MR) is 177 cm³/mol. The van der Waals surface area contributed by atoms with Crippen LogP contribution in [0.15, 0.2) is 76.5 Å². The van der Waals surface area contributed by atoms with E-state index in [2.05, 4.69) is 5.32 Å². The highest BCUT2D eigenvalue weighted by molar-refractivity contribution is 7.98. The minimum absolute atomic E-state index is 0.0202. The quantitative estimate of drug-likeness (QED) is 0.200. The number of hydrogen-bond donors (Lipinski definition) is 1. The van der Waals surface area contributed by atoms with Crippen molar-refractivity contribution in [3.8, 4) is 5.75 Å². The van der Waals surface area contributed by atoms with E-state index < -0.39 is 28.5 Å². The lowest BCUT2D eigenvalue weighted by Gasteiger charge is -2.32. The highest BCUT2D eigenvalue weighted by Gasteiger charge is 2.33. The second kappa shape index (κ2) is 15.4. The van der Waals surface area contributed by atoms with Crippen molar-refractivity contribution in [2.75, 3.05) is 23.7 Å². The van der Waals surface area contributed by atoms with Crippen LogP contribution in [0.5, 0.6) is 5.75 Å². The van der Waals surface area contributed by atoms with E-state index in [-0.39, 0.29) is 29.1 Å². The van der Waals surface area contributed by atoms with Crippen LogP contribution in [0.3, 0.4) is 0 Å². The molecule has 1 N–H and O–H groups in total. The van der Waals surface area contributed by atoms with Gasteiger partial charge in [0.15, 0.2) is 0 Å². The number of ether oxygens (including phenoxy) is 1. The van der Waals surface area contributed by atoms with Crippen LogP contribution in [0.2, 0.25) is 10.0 Å². The maximum Gasteiger partial charge on any atom is 0.264 e. The van der Waals surface area contributed by atoms with Crippen LogP contribution >= 0.6 is 35.0 Å². The van der Waals surface area contributed by atoms with Gasteiger partial charge in [-0.3, -0.25) is 13.9 Å². The largest absolute Gasteiger partial charge is 0.494 e. The number of thioether (sulfide) groups is 1. The van der Waals surface area contributed by atoms with Gasteiger partial charge in [0.05, 0.1) is 17.2 Å². The molecule has 44 heavy (non-hydrogen) atoms. The molecule has 0 bridgehead atoms. The van der Waals surface area contributed by atoms with Crippen LogP contribution in [0.4, 0.5) is 5.69 Å². The average molecular weight is 679 g/mol. The van der Waals surface area contributed by atoms with E-state index in [1.165, 1.54) is 28.8 Å². The summed E-state index contributed by atoms with van der Waals surface area (Å²) in [5.74, 6) is -0.304. The summed E-state index contributed by atoms with van der Waals surface area (Å²) in [6, 6.07) is 17.1. The zero-order chi connectivity index (χ0) is 31.9. The second-order valence-electron chi connectivity index (χ2n) is 10.5. The van der Waals surface area contributed by atoms with Crippen LogP contribution in [-0.2, 0) is 26.2 Å². The van der Waals surface area contributed by atoms with Crippen LogP contribution < -0.4 is 14.4 Å². The lowest BCUT2D eigenvalue weighted by atomic mass is 10.1. The smallest absolute Gasteiger partial charge is 0.264 e. The molecule has 1 saturated carbocycles. The van der Waals surface area contributed by atoms with Gasteiger partial charge in [-0.15, -0.1) is 11.8 Å². The van der Waals surface area contributed by atoms with Gasteiger partial charge in [0.1, 0.15) is 18.3 Å². The molecule has 4 rings (SSSR count). The number of carbonyl (C=O) groups is 2. The number of hydrogen-bond acceptors (Lipinski definition) is 6. The van der Waals surface area contributed by atoms with Gasteiger partial charge in [0.2, 0.25) is 11.8 Å². The first-order chi connectivity index (χ1) is 21.0. The number of benzene rings is 3. The molecule has 0 heterocycles. The van der Waals surface area contributed by atoms with E-state index >= 15 is 0 Å². The second-order valence-corrected chi connectivity index (χ2v) is 14.1. The molecule has 1 fully saturated rings. The molecular formula is C32H37Cl2N3O5S2. The van der Waals surface area contributed by atoms with E-state index in [1.807, 2.05) is 13.2 Å². The van der Waals surface area contributed by atoms with Gasteiger partial charge in [-0.1, -0.05) is 42.1 Å². The Morgan fingerprint density at radius 3 is 2.27 bits per heavy atom. The molecule has 1 atom stereocenters. The predicted octanol–water partition coefficient (Wildman–Crippen LogP) is 6.79. The molecule has 0 spiro atoms. The van der Waals surface area contributed by atoms with E-state index in [1.54, 1.807) is 61.5 Å². The molecule has 2 amide bonds. The Balaban J connectivity index is 1.71. The SMILES string of the molecule is CCOc1ccc(N(CC(=O)N(Cc2ccc(Cl)cc2Cl)C(C)C(=O)NC2CCCC2)S(=O)(=O)c2ccc(SC)cc2)cc1. The van der Waals surface area contributed by atoms with Crippen molar-refractivity contribution in [3.63, 3.8) is 0 Å². The van der Waals surface area contributed by atoms with Crippen molar-refractivity contribution >= 4 is 62.5 Å². The summed E-state index contributed by atoms with van der Waals surface area (Å²) in [6.07, 6.45) is 5.74. The number of halogens is 2. The topological polar surface area (TPSA) is 96.0 Å². The molecule has 3 aromatic carbocycles. The van der Waals surface area contributed by atoms with E-state index in [0.29, 0.717) is 28.0 Å². The summed E-state index contributed by atoms with van der Waals surface area (Å²) in [5, 5.41) is 3.83. The Labute approximate surface area is 274 Å². The lowest BCUT2D eigenvalue weighted by molar-refractivity contribution is -0.139. The first-order valence-corrected chi connectivity index (χ1v) is 17.9. The maximum absolute atomic E-state index is 14.2. The molecule has 0 saturated heterocycles. The van der Waals surface area contributed by atoms with Crippen molar-refractivity contribution in [2.45, 2.75) is 68.0 Å². The van der Waals surface area contributed by atoms with Crippen LogP contribution in [0.25, 0.3) is 0 Å². The molecule has 1 aliphatic carbocycles. The molecule has 3 aromatic rings. The Morgan fingerprint density at radius 2 is 1.68 bits per heavy atom. The van der Waals surface area contributed by atoms with Gasteiger partial charge in [0.25, 0.3) is 10.0 Å². The van der Waals surface area contributed by atoms with E-state index in [9.17, 15) is 18.0 Å². The summed E-state index contributed by atoms with van der Waals surface area (Å²) in [5.41, 5.74) is 0.858. The first-order valence-electron chi connectivity index (χ1n) is 14.5. The summed E-state index contributed by atoms with van der Waals surface area (Å²) >= 11 is 14.1. The highest BCUT2D eigenvalue weighted by atomic mass is 35.5. The molecule has 236 valence electrons. The van der Waals surface area contributed by atoms with Gasteiger partial charge in [-0.2, -0.15) is 0 Å². The molecular weight excluding hydrogens is 641 g/mol. The Hall–Kier alpha value is -2.92. The fraction of sp³-hybridized carbons (Fsp3) is 0.375. The number of amides is 2. The van der Waals surface area contributed by atoms with Crippen molar-refractivity contribution in [1.29, 1.82) is 0 Å². The van der Waals surface area contributed by atoms with Crippen molar-refractivity contribution in [2.24, 2.45) is 0 Å². The summed E-state index contributed by atoms with van der Waals surface area (Å²) < 4.78 is 34.8. The number of rotatable bonds is 13. The Kier molecular flexibility index (Phi) is 11.9. The lowest BCUT2D eigenvalue weighted by Crippen LogP contribution is -2.52. The van der Waals surface area contributed by atoms with Crippen molar-refractivity contribution in [3.05, 3.63) is 82.3 Å². The Bertz CT molecular complexity index is 1550. The minimum Gasteiger partial charge on any atom is -0.494 e. The van der Waals surface area contributed by atoms with Gasteiger partial charge in [-0.25, -0.2) is 8.42 Å². The van der Waals surface area contributed by atoms with E-state index in [4.69, 9.17) is 27.9 Å². The maximum atomic E-state index is 14.2. The molecule has 1 aliphatic rings. The van der Waals surface area contributed by atoms with Crippen LogP contribution in [-0.4, -0.2) is 56.6 Å². The highest BCUT2D eigenvalue weighted by Crippen LogP contribution is 2.29. The van der Waals surface area contributed by atoms with Crippen LogP contribution in [0.1, 0.15) is 45.1 Å². The number of nitrogens with one attached hydrogen (secondary N) is 1. The summed E-state index contributed by atoms with van der Waals surface area (Å²) in [4.78, 5) is 29.9.